The summed E-state index contributed by atoms with van der Waals surface area (Å²) in [7, 11) is 0. The molecule has 0 spiro atoms. The van der Waals surface area contributed by atoms with Crippen LogP contribution in [0.1, 0.15) is 11.5 Å². The molecule has 0 saturated heterocycles. The van der Waals surface area contributed by atoms with E-state index in [9.17, 15) is 8.78 Å². The Bertz CT molecular complexity index is 556. The molecule has 1 heterocycles. The molecule has 0 atom stereocenters. The molecule has 0 unspecified atom stereocenters. The summed E-state index contributed by atoms with van der Waals surface area (Å²) in [4.78, 5) is 0. The molecular weight excluding hydrogens is 242 g/mol. The highest BCUT2D eigenvalue weighted by atomic mass is 19.1. The first-order chi connectivity index (χ1) is 8.61. The van der Waals surface area contributed by atoms with Crippen LogP contribution in [0.5, 0.6) is 0 Å². The predicted molar refractivity (Wildman–Crippen MR) is 61.4 cm³/mol. The maximum Gasteiger partial charge on any atom is 0.320 e. The summed E-state index contributed by atoms with van der Waals surface area (Å²) in [6.45, 7) is 1.89. The van der Waals surface area contributed by atoms with Crippen molar-refractivity contribution in [3.05, 3.63) is 35.2 Å². The molecule has 0 saturated carbocycles. The Hall–Kier alpha value is -2.02. The minimum absolute atomic E-state index is 0.0677. The Morgan fingerprint density at radius 1 is 1.33 bits per heavy atom. The summed E-state index contributed by atoms with van der Waals surface area (Å²) in [6, 6.07) is 2.45. The minimum Gasteiger partial charge on any atom is -0.408 e. The average Bonchev–Trinajstić information content (AvgIpc) is 2.78. The second kappa shape index (κ2) is 5.09. The molecular formula is C11H12F2N4O. The fourth-order valence-corrected chi connectivity index (χ4v) is 1.41. The van der Waals surface area contributed by atoms with Crippen molar-refractivity contribution in [1.29, 1.82) is 0 Å². The number of nitrogens with two attached hydrogens (primary N) is 1. The highest BCUT2D eigenvalue weighted by Gasteiger charge is 2.14. The third-order valence-corrected chi connectivity index (χ3v) is 2.34. The quantitative estimate of drug-likeness (QED) is 0.871. The van der Waals surface area contributed by atoms with E-state index >= 15 is 0 Å². The van der Waals surface area contributed by atoms with E-state index < -0.39 is 11.6 Å². The summed E-state index contributed by atoms with van der Waals surface area (Å²) in [6.07, 6.45) is 0.410. The molecule has 0 aliphatic rings. The molecule has 96 valence electrons. The minimum atomic E-state index is -0.725. The van der Waals surface area contributed by atoms with Gasteiger partial charge in [-0.05, 0) is 18.6 Å². The SMILES string of the molecule is Cc1ccc(F)c(Nc2nnc(CCN)o2)c1F. The van der Waals surface area contributed by atoms with Crippen LogP contribution in [-0.4, -0.2) is 16.7 Å². The number of halogens is 2. The van der Waals surface area contributed by atoms with Crippen molar-refractivity contribution in [3.63, 3.8) is 0 Å². The third-order valence-electron chi connectivity index (χ3n) is 2.34. The number of nitrogens with one attached hydrogen (secondary N) is 1. The van der Waals surface area contributed by atoms with Gasteiger partial charge in [-0.15, -0.1) is 5.10 Å². The van der Waals surface area contributed by atoms with E-state index in [4.69, 9.17) is 10.2 Å². The second-order valence-corrected chi connectivity index (χ2v) is 3.72. The molecule has 0 aliphatic carbocycles. The van der Waals surface area contributed by atoms with Crippen LogP contribution < -0.4 is 11.1 Å². The van der Waals surface area contributed by atoms with Gasteiger partial charge in [0.25, 0.3) is 0 Å². The normalized spacial score (nSPS) is 10.7. The van der Waals surface area contributed by atoms with Crippen LogP contribution in [0.25, 0.3) is 0 Å². The van der Waals surface area contributed by atoms with Gasteiger partial charge < -0.3 is 15.5 Å². The fourth-order valence-electron chi connectivity index (χ4n) is 1.41. The molecule has 7 heteroatoms. The van der Waals surface area contributed by atoms with Crippen molar-refractivity contribution in [3.8, 4) is 0 Å². The van der Waals surface area contributed by atoms with Gasteiger partial charge in [0, 0.05) is 13.0 Å². The number of anilines is 2. The van der Waals surface area contributed by atoms with Gasteiger partial charge in [0.2, 0.25) is 5.89 Å². The average molecular weight is 254 g/mol. The van der Waals surface area contributed by atoms with E-state index in [2.05, 4.69) is 15.5 Å². The van der Waals surface area contributed by atoms with E-state index in [1.807, 2.05) is 0 Å². The van der Waals surface area contributed by atoms with Crippen LogP contribution in [0.15, 0.2) is 16.5 Å². The molecule has 0 radical (unpaired) electrons. The Balaban J connectivity index is 2.25. The predicted octanol–water partition coefficient (Wildman–Crippen LogP) is 1.90. The van der Waals surface area contributed by atoms with E-state index in [0.717, 1.165) is 6.07 Å². The number of aryl methyl sites for hydroxylation is 1. The van der Waals surface area contributed by atoms with Crippen LogP contribution in [0.4, 0.5) is 20.5 Å². The van der Waals surface area contributed by atoms with Gasteiger partial charge >= 0.3 is 6.01 Å². The number of nitrogens with zero attached hydrogens (tertiary/aromatic N) is 2. The molecule has 2 rings (SSSR count). The molecule has 0 amide bonds. The topological polar surface area (TPSA) is 77.0 Å². The number of aromatic nitrogens is 2. The molecule has 18 heavy (non-hydrogen) atoms. The van der Waals surface area contributed by atoms with Gasteiger partial charge in [-0.3, -0.25) is 0 Å². The van der Waals surface area contributed by atoms with E-state index in [1.54, 1.807) is 0 Å². The lowest BCUT2D eigenvalue weighted by Crippen LogP contribution is -2.02. The Morgan fingerprint density at radius 2 is 2.11 bits per heavy atom. The monoisotopic (exact) mass is 254 g/mol. The van der Waals surface area contributed by atoms with E-state index in [-0.39, 0.29) is 11.7 Å². The first-order valence-corrected chi connectivity index (χ1v) is 5.36. The first kappa shape index (κ1) is 12.4. The molecule has 3 N–H and O–H groups in total. The van der Waals surface area contributed by atoms with Crippen molar-refractivity contribution in [2.45, 2.75) is 13.3 Å². The van der Waals surface area contributed by atoms with Crippen LogP contribution in [0, 0.1) is 18.6 Å². The Kier molecular flexibility index (Phi) is 3.52. The van der Waals surface area contributed by atoms with Crippen molar-refractivity contribution >= 4 is 11.7 Å². The second-order valence-electron chi connectivity index (χ2n) is 3.72. The van der Waals surface area contributed by atoms with Crippen molar-refractivity contribution in [2.24, 2.45) is 5.73 Å². The number of benzene rings is 1. The van der Waals surface area contributed by atoms with Crippen LogP contribution in [0.2, 0.25) is 0 Å². The Morgan fingerprint density at radius 3 is 2.83 bits per heavy atom. The molecule has 1 aromatic heterocycles. The lowest BCUT2D eigenvalue weighted by molar-refractivity contribution is 0.507. The molecule has 5 nitrogen and oxygen atoms in total. The summed E-state index contributed by atoms with van der Waals surface area (Å²) < 4.78 is 32.3. The van der Waals surface area contributed by atoms with Gasteiger partial charge in [-0.1, -0.05) is 11.2 Å². The summed E-state index contributed by atoms with van der Waals surface area (Å²) in [5, 5.41) is 9.73. The highest BCUT2D eigenvalue weighted by Crippen LogP contribution is 2.24. The number of hydrogen-bond acceptors (Lipinski definition) is 5. The number of rotatable bonds is 4. The van der Waals surface area contributed by atoms with Gasteiger partial charge in [-0.2, -0.15) is 0 Å². The first-order valence-electron chi connectivity index (χ1n) is 5.36. The zero-order valence-electron chi connectivity index (χ0n) is 9.70. The molecule has 2 aromatic rings. The van der Waals surface area contributed by atoms with Crippen molar-refractivity contribution < 1.29 is 13.2 Å². The number of hydrogen-bond donors (Lipinski definition) is 2. The maximum absolute atomic E-state index is 13.7. The van der Waals surface area contributed by atoms with Gasteiger partial charge in [-0.25, -0.2) is 8.78 Å². The molecule has 0 fully saturated rings. The van der Waals surface area contributed by atoms with Gasteiger partial charge in [0.05, 0.1) is 0 Å². The standard InChI is InChI=1S/C11H12F2N4O/c1-6-2-3-7(12)10(9(6)13)15-11-17-16-8(18-11)4-5-14/h2-3H,4-5,14H2,1H3,(H,15,17). The zero-order valence-corrected chi connectivity index (χ0v) is 9.70. The maximum atomic E-state index is 13.7. The van der Waals surface area contributed by atoms with Crippen molar-refractivity contribution in [2.75, 3.05) is 11.9 Å². The summed E-state index contributed by atoms with van der Waals surface area (Å²) in [5.74, 6) is -1.10. The highest BCUT2D eigenvalue weighted by molar-refractivity contribution is 5.55. The van der Waals surface area contributed by atoms with Gasteiger partial charge in [0.15, 0.2) is 5.82 Å². The summed E-state index contributed by atoms with van der Waals surface area (Å²) >= 11 is 0. The van der Waals surface area contributed by atoms with E-state index in [1.165, 1.54) is 13.0 Å². The van der Waals surface area contributed by atoms with Gasteiger partial charge in [0.1, 0.15) is 11.5 Å². The molecule has 0 aliphatic heterocycles. The van der Waals surface area contributed by atoms with E-state index in [0.29, 0.717) is 24.4 Å². The largest absolute Gasteiger partial charge is 0.408 e. The zero-order chi connectivity index (χ0) is 13.1. The smallest absolute Gasteiger partial charge is 0.320 e. The van der Waals surface area contributed by atoms with Crippen LogP contribution in [0.3, 0.4) is 0 Å². The third kappa shape index (κ3) is 2.45. The van der Waals surface area contributed by atoms with Crippen LogP contribution >= 0.6 is 0 Å². The Labute approximate surface area is 102 Å². The summed E-state index contributed by atoms with van der Waals surface area (Å²) in [5.41, 5.74) is 5.33. The van der Waals surface area contributed by atoms with Crippen LogP contribution in [-0.2, 0) is 6.42 Å². The lowest BCUT2D eigenvalue weighted by Gasteiger charge is -2.06. The lowest BCUT2D eigenvalue weighted by atomic mass is 10.2. The fraction of sp³-hybridized carbons (Fsp3) is 0.273. The molecule has 0 bridgehead atoms. The molecule has 1 aromatic carbocycles. The van der Waals surface area contributed by atoms with Crippen molar-refractivity contribution in [1.82, 2.24) is 10.2 Å².